The van der Waals surface area contributed by atoms with Gasteiger partial charge in [-0.3, -0.25) is 0 Å². The van der Waals surface area contributed by atoms with Crippen molar-refractivity contribution in [3.8, 4) is 11.1 Å². The van der Waals surface area contributed by atoms with Crippen LogP contribution in [0.3, 0.4) is 0 Å². The summed E-state index contributed by atoms with van der Waals surface area (Å²) in [7, 11) is -3.35. The zero-order valence-electron chi connectivity index (χ0n) is 16.1. The van der Waals surface area contributed by atoms with Crippen molar-refractivity contribution < 1.29 is 17.2 Å². The first-order valence-electron chi connectivity index (χ1n) is 9.60. The highest BCUT2D eigenvalue weighted by Crippen LogP contribution is 2.52. The van der Waals surface area contributed by atoms with Crippen molar-refractivity contribution in [3.05, 3.63) is 59.7 Å². The molecule has 4 nitrogen and oxygen atoms in total. The molecule has 4 rings (SSSR count). The van der Waals surface area contributed by atoms with Gasteiger partial charge in [-0.1, -0.05) is 30.3 Å². The van der Waals surface area contributed by atoms with E-state index in [-0.39, 0.29) is 41.5 Å². The van der Waals surface area contributed by atoms with Crippen LogP contribution < -0.4 is 10.0 Å². The van der Waals surface area contributed by atoms with Crippen molar-refractivity contribution in [2.45, 2.75) is 38.3 Å². The first-order valence-corrected chi connectivity index (χ1v) is 11.3. The quantitative estimate of drug-likeness (QED) is 0.717. The lowest BCUT2D eigenvalue weighted by atomic mass is 9.91. The van der Waals surface area contributed by atoms with Gasteiger partial charge >= 0.3 is 0 Å². The second kappa shape index (κ2) is 8.30. The standard InChI is InChI=1S/C21H24F2N2O2S.ClH/c1-2-28(26,27)25-20-18(24-13-21(20)9-10-21)12-15-6-4-8-17(19(15)23)14-5-3-7-16(22)11-14;/h3-8,11,18,20,24-25H,2,9-10,12-13H2,1H3;1H/t18-,20+;/m0./s1. The van der Waals surface area contributed by atoms with E-state index < -0.39 is 15.8 Å². The smallest absolute Gasteiger partial charge is 0.211 e. The largest absolute Gasteiger partial charge is 0.311 e. The minimum atomic E-state index is -3.35. The molecular weight excluding hydrogens is 418 g/mol. The lowest BCUT2D eigenvalue weighted by Gasteiger charge is -2.25. The molecule has 0 bridgehead atoms. The molecule has 1 saturated carbocycles. The average Bonchev–Trinajstić information content (AvgIpc) is 3.38. The van der Waals surface area contributed by atoms with E-state index in [1.54, 1.807) is 37.3 Å². The molecule has 0 aromatic heterocycles. The monoisotopic (exact) mass is 442 g/mol. The summed E-state index contributed by atoms with van der Waals surface area (Å²) in [5, 5.41) is 3.40. The lowest BCUT2D eigenvalue weighted by Crippen LogP contribution is -2.48. The van der Waals surface area contributed by atoms with Crippen LogP contribution in [-0.4, -0.2) is 32.8 Å². The summed E-state index contributed by atoms with van der Waals surface area (Å²) in [6, 6.07) is 10.6. The Balaban J connectivity index is 0.00000240. The van der Waals surface area contributed by atoms with E-state index in [4.69, 9.17) is 0 Å². The Kier molecular flexibility index (Phi) is 6.34. The molecule has 2 aliphatic rings. The van der Waals surface area contributed by atoms with Gasteiger partial charge in [0.2, 0.25) is 10.0 Å². The Hall–Kier alpha value is -1.54. The molecule has 2 aromatic rings. The third-order valence-electron chi connectivity index (χ3n) is 6.01. The summed E-state index contributed by atoms with van der Waals surface area (Å²) in [5.74, 6) is -0.774. The minimum absolute atomic E-state index is 0. The molecule has 0 unspecified atom stereocenters. The number of rotatable bonds is 6. The molecule has 1 aliphatic carbocycles. The Morgan fingerprint density at radius 3 is 2.55 bits per heavy atom. The van der Waals surface area contributed by atoms with Crippen LogP contribution >= 0.6 is 12.4 Å². The molecule has 29 heavy (non-hydrogen) atoms. The maximum absolute atomic E-state index is 15.2. The Labute approximate surface area is 176 Å². The molecule has 2 N–H and O–H groups in total. The SMILES string of the molecule is CCS(=O)(=O)N[C@@H]1[C@H](Cc2cccc(-c3cccc(F)c3)c2F)NCC12CC2.Cl. The van der Waals surface area contributed by atoms with Gasteiger partial charge in [-0.25, -0.2) is 21.9 Å². The van der Waals surface area contributed by atoms with Gasteiger partial charge in [-0.2, -0.15) is 0 Å². The van der Waals surface area contributed by atoms with E-state index in [9.17, 15) is 12.8 Å². The molecule has 2 aromatic carbocycles. The van der Waals surface area contributed by atoms with E-state index in [2.05, 4.69) is 10.0 Å². The average molecular weight is 443 g/mol. The minimum Gasteiger partial charge on any atom is -0.311 e. The second-order valence-corrected chi connectivity index (χ2v) is 9.88. The van der Waals surface area contributed by atoms with Crippen molar-refractivity contribution in [1.29, 1.82) is 0 Å². The number of hydrogen-bond acceptors (Lipinski definition) is 3. The maximum Gasteiger partial charge on any atom is 0.211 e. The van der Waals surface area contributed by atoms with Gasteiger partial charge in [0.1, 0.15) is 11.6 Å². The zero-order chi connectivity index (χ0) is 19.9. The molecule has 1 saturated heterocycles. The Morgan fingerprint density at radius 1 is 1.17 bits per heavy atom. The fourth-order valence-corrected chi connectivity index (χ4v) is 5.13. The van der Waals surface area contributed by atoms with Gasteiger partial charge in [-0.15, -0.1) is 12.4 Å². The lowest BCUT2D eigenvalue weighted by molar-refractivity contribution is 0.406. The number of hydrogen-bond donors (Lipinski definition) is 2. The number of nitrogens with one attached hydrogen (secondary N) is 2. The molecule has 2 atom stereocenters. The molecule has 158 valence electrons. The van der Waals surface area contributed by atoms with E-state index >= 15 is 4.39 Å². The van der Waals surface area contributed by atoms with Crippen LogP contribution in [0.2, 0.25) is 0 Å². The van der Waals surface area contributed by atoms with Crippen molar-refractivity contribution in [2.75, 3.05) is 12.3 Å². The van der Waals surface area contributed by atoms with E-state index in [0.29, 0.717) is 23.1 Å². The first kappa shape index (κ1) is 22.2. The second-order valence-electron chi connectivity index (χ2n) is 7.84. The van der Waals surface area contributed by atoms with Gasteiger partial charge in [0.05, 0.1) is 5.75 Å². The molecule has 0 amide bonds. The Bertz CT molecular complexity index is 996. The maximum atomic E-state index is 15.2. The van der Waals surface area contributed by atoms with Crippen LogP contribution in [0, 0.1) is 17.0 Å². The summed E-state index contributed by atoms with van der Waals surface area (Å²) >= 11 is 0. The number of sulfonamides is 1. The molecule has 1 aliphatic heterocycles. The number of halogens is 3. The van der Waals surface area contributed by atoms with Gasteiger partial charge in [-0.05, 0) is 49.4 Å². The molecule has 1 spiro atoms. The van der Waals surface area contributed by atoms with Crippen LogP contribution in [0.1, 0.15) is 25.3 Å². The van der Waals surface area contributed by atoms with Gasteiger partial charge in [0.25, 0.3) is 0 Å². The fraction of sp³-hybridized carbons (Fsp3) is 0.429. The summed E-state index contributed by atoms with van der Waals surface area (Å²) in [4.78, 5) is 0. The topological polar surface area (TPSA) is 58.2 Å². The van der Waals surface area contributed by atoms with E-state index in [1.165, 1.54) is 12.1 Å². The fourth-order valence-electron chi connectivity index (χ4n) is 4.16. The predicted molar refractivity (Wildman–Crippen MR) is 113 cm³/mol. The summed E-state index contributed by atoms with van der Waals surface area (Å²) in [6.45, 7) is 2.35. The summed E-state index contributed by atoms with van der Waals surface area (Å²) < 4.78 is 55.9. The van der Waals surface area contributed by atoms with Crippen molar-refractivity contribution in [3.63, 3.8) is 0 Å². The van der Waals surface area contributed by atoms with Crippen LogP contribution in [0.15, 0.2) is 42.5 Å². The van der Waals surface area contributed by atoms with E-state index in [1.807, 2.05) is 0 Å². The third-order valence-corrected chi connectivity index (χ3v) is 7.38. The van der Waals surface area contributed by atoms with Crippen molar-refractivity contribution in [1.82, 2.24) is 10.0 Å². The summed E-state index contributed by atoms with van der Waals surface area (Å²) in [6.07, 6.45) is 2.31. The molecule has 2 fully saturated rings. The van der Waals surface area contributed by atoms with E-state index in [0.717, 1.165) is 19.4 Å². The normalized spacial score (nSPS) is 22.4. The molecular formula is C21H25ClF2N2O2S. The molecule has 1 heterocycles. The predicted octanol–water partition coefficient (Wildman–Crippen LogP) is 3.66. The van der Waals surface area contributed by atoms with Gasteiger partial charge in [0.15, 0.2) is 0 Å². The number of benzene rings is 2. The first-order chi connectivity index (χ1) is 13.3. The van der Waals surface area contributed by atoms with Crippen molar-refractivity contribution >= 4 is 22.4 Å². The molecule has 8 heteroatoms. The van der Waals surface area contributed by atoms with Crippen molar-refractivity contribution in [2.24, 2.45) is 5.41 Å². The van der Waals surface area contributed by atoms with Gasteiger partial charge in [0, 0.05) is 29.6 Å². The van der Waals surface area contributed by atoms with Crippen LogP contribution in [0.25, 0.3) is 11.1 Å². The third kappa shape index (κ3) is 4.48. The molecule has 0 radical (unpaired) electrons. The van der Waals surface area contributed by atoms with Crippen LogP contribution in [-0.2, 0) is 16.4 Å². The Morgan fingerprint density at radius 2 is 1.90 bits per heavy atom. The zero-order valence-corrected chi connectivity index (χ0v) is 17.8. The highest BCUT2D eigenvalue weighted by atomic mass is 35.5. The highest BCUT2D eigenvalue weighted by molar-refractivity contribution is 7.89. The highest BCUT2D eigenvalue weighted by Gasteiger charge is 2.57. The van der Waals surface area contributed by atoms with Crippen LogP contribution in [0.4, 0.5) is 8.78 Å². The summed E-state index contributed by atoms with van der Waals surface area (Å²) in [5.41, 5.74) is 1.28. The van der Waals surface area contributed by atoms with Gasteiger partial charge < -0.3 is 5.32 Å². The van der Waals surface area contributed by atoms with Crippen LogP contribution in [0.5, 0.6) is 0 Å².